The van der Waals surface area contributed by atoms with E-state index in [1.165, 1.54) is 6.07 Å². The Morgan fingerprint density at radius 1 is 1.40 bits per heavy atom. The second-order valence-corrected chi connectivity index (χ2v) is 4.84. The zero-order chi connectivity index (χ0) is 11.4. The summed E-state index contributed by atoms with van der Waals surface area (Å²) in [7, 11) is 0. The van der Waals surface area contributed by atoms with Gasteiger partial charge < -0.3 is 0 Å². The van der Waals surface area contributed by atoms with E-state index in [1.54, 1.807) is 12.1 Å². The molecule has 2 unspecified atom stereocenters. The lowest BCUT2D eigenvalue weighted by atomic mass is 9.96. The minimum atomic E-state index is -0.241. The molecule has 0 aliphatic carbocycles. The van der Waals surface area contributed by atoms with Crippen LogP contribution in [0.3, 0.4) is 0 Å². The van der Waals surface area contributed by atoms with Gasteiger partial charge in [-0.1, -0.05) is 31.5 Å². The highest BCUT2D eigenvalue weighted by atomic mass is 35.5. The van der Waals surface area contributed by atoms with Gasteiger partial charge in [0.1, 0.15) is 5.82 Å². The summed E-state index contributed by atoms with van der Waals surface area (Å²) in [4.78, 5) is 0. The van der Waals surface area contributed by atoms with Gasteiger partial charge in [0.15, 0.2) is 0 Å². The predicted octanol–water partition coefficient (Wildman–Crippen LogP) is 4.68. The van der Waals surface area contributed by atoms with Crippen molar-refractivity contribution in [3.63, 3.8) is 0 Å². The zero-order valence-electron chi connectivity index (χ0n) is 8.93. The Bertz CT molecular complexity index is 325. The van der Waals surface area contributed by atoms with E-state index in [2.05, 4.69) is 0 Å². The maximum atomic E-state index is 13.5. The van der Waals surface area contributed by atoms with Crippen LogP contribution >= 0.6 is 23.2 Å². The largest absolute Gasteiger partial charge is 0.207 e. The highest BCUT2D eigenvalue weighted by Gasteiger charge is 2.14. The van der Waals surface area contributed by atoms with Gasteiger partial charge in [-0.25, -0.2) is 4.39 Å². The van der Waals surface area contributed by atoms with Crippen LogP contribution in [0.2, 0.25) is 5.02 Å². The minimum absolute atomic E-state index is 0.0973. The summed E-state index contributed by atoms with van der Waals surface area (Å²) in [6.07, 6.45) is 1.56. The Kier molecular flexibility index (Phi) is 4.88. The van der Waals surface area contributed by atoms with Crippen LogP contribution in [0.1, 0.15) is 25.8 Å². The SMILES string of the molecule is CCC(Cl)C(C)Cc1ccc(Cl)cc1F. The van der Waals surface area contributed by atoms with E-state index in [0.29, 0.717) is 17.0 Å². The summed E-state index contributed by atoms with van der Waals surface area (Å²) in [6.45, 7) is 4.07. The lowest BCUT2D eigenvalue weighted by molar-refractivity contribution is 0.511. The van der Waals surface area contributed by atoms with E-state index >= 15 is 0 Å². The van der Waals surface area contributed by atoms with Crippen molar-refractivity contribution in [2.75, 3.05) is 0 Å². The smallest absolute Gasteiger partial charge is 0.127 e. The van der Waals surface area contributed by atoms with E-state index in [0.717, 1.165) is 6.42 Å². The van der Waals surface area contributed by atoms with Gasteiger partial charge in [-0.05, 0) is 36.5 Å². The van der Waals surface area contributed by atoms with Gasteiger partial charge in [0.2, 0.25) is 0 Å². The molecule has 0 aliphatic heterocycles. The molecule has 0 fully saturated rings. The first-order valence-electron chi connectivity index (χ1n) is 5.12. The first-order chi connectivity index (χ1) is 7.04. The van der Waals surface area contributed by atoms with Gasteiger partial charge in [0.05, 0.1) is 0 Å². The molecule has 1 aromatic rings. The van der Waals surface area contributed by atoms with E-state index < -0.39 is 0 Å². The van der Waals surface area contributed by atoms with Crippen LogP contribution in [0.5, 0.6) is 0 Å². The maximum absolute atomic E-state index is 13.5. The third kappa shape index (κ3) is 3.66. The van der Waals surface area contributed by atoms with E-state index in [1.807, 2.05) is 13.8 Å². The summed E-state index contributed by atoms with van der Waals surface area (Å²) < 4.78 is 13.5. The molecule has 0 aromatic heterocycles. The highest BCUT2D eigenvalue weighted by molar-refractivity contribution is 6.30. The number of benzene rings is 1. The molecule has 0 saturated carbocycles. The van der Waals surface area contributed by atoms with Crippen LogP contribution in [-0.2, 0) is 6.42 Å². The Hall–Kier alpha value is -0.270. The zero-order valence-corrected chi connectivity index (χ0v) is 10.4. The number of hydrogen-bond acceptors (Lipinski definition) is 0. The summed E-state index contributed by atoms with van der Waals surface area (Å²) in [6, 6.07) is 4.79. The molecule has 3 heteroatoms. The van der Waals surface area contributed by atoms with Crippen LogP contribution in [0.25, 0.3) is 0 Å². The molecule has 84 valence electrons. The third-order valence-corrected chi connectivity index (χ3v) is 3.54. The number of rotatable bonds is 4. The van der Waals surface area contributed by atoms with E-state index in [-0.39, 0.29) is 17.1 Å². The van der Waals surface area contributed by atoms with Crippen LogP contribution in [0.15, 0.2) is 18.2 Å². The van der Waals surface area contributed by atoms with Gasteiger partial charge in [-0.15, -0.1) is 11.6 Å². The molecule has 0 nitrogen and oxygen atoms in total. The molecule has 0 N–H and O–H groups in total. The molecule has 0 bridgehead atoms. The fraction of sp³-hybridized carbons (Fsp3) is 0.500. The van der Waals surface area contributed by atoms with Crippen molar-refractivity contribution in [2.45, 2.75) is 32.1 Å². The highest BCUT2D eigenvalue weighted by Crippen LogP contribution is 2.22. The molecular weight excluding hydrogens is 234 g/mol. The summed E-state index contributed by atoms with van der Waals surface area (Å²) >= 11 is 11.8. The normalized spacial score (nSPS) is 15.0. The van der Waals surface area contributed by atoms with Gasteiger partial charge in [0.25, 0.3) is 0 Å². The van der Waals surface area contributed by atoms with Crippen molar-refractivity contribution in [3.8, 4) is 0 Å². The molecule has 0 saturated heterocycles. The average molecular weight is 249 g/mol. The number of alkyl halides is 1. The molecule has 0 aliphatic rings. The molecule has 0 radical (unpaired) electrons. The quantitative estimate of drug-likeness (QED) is 0.680. The van der Waals surface area contributed by atoms with Crippen LogP contribution < -0.4 is 0 Å². The topological polar surface area (TPSA) is 0 Å². The minimum Gasteiger partial charge on any atom is -0.207 e. The third-order valence-electron chi connectivity index (χ3n) is 2.56. The fourth-order valence-corrected chi connectivity index (χ4v) is 1.81. The van der Waals surface area contributed by atoms with Crippen LogP contribution in [-0.4, -0.2) is 5.38 Å². The summed E-state index contributed by atoms with van der Waals surface area (Å²) in [5.41, 5.74) is 0.686. The number of halogens is 3. The molecule has 1 rings (SSSR count). The first kappa shape index (κ1) is 12.8. The van der Waals surface area contributed by atoms with Crippen molar-refractivity contribution in [1.82, 2.24) is 0 Å². The lowest BCUT2D eigenvalue weighted by Crippen LogP contribution is -2.13. The monoisotopic (exact) mass is 248 g/mol. The Balaban J connectivity index is 2.72. The Labute approximate surface area is 100 Å². The Morgan fingerprint density at radius 2 is 2.07 bits per heavy atom. The first-order valence-corrected chi connectivity index (χ1v) is 5.94. The van der Waals surface area contributed by atoms with Crippen molar-refractivity contribution in [3.05, 3.63) is 34.6 Å². The van der Waals surface area contributed by atoms with Crippen LogP contribution in [0.4, 0.5) is 4.39 Å². The van der Waals surface area contributed by atoms with Gasteiger partial charge in [-0.3, -0.25) is 0 Å². The van der Waals surface area contributed by atoms with Crippen molar-refractivity contribution in [1.29, 1.82) is 0 Å². The second kappa shape index (κ2) is 5.72. The fourth-order valence-electron chi connectivity index (χ4n) is 1.56. The van der Waals surface area contributed by atoms with Crippen molar-refractivity contribution in [2.24, 2.45) is 5.92 Å². The molecule has 0 heterocycles. The van der Waals surface area contributed by atoms with Crippen LogP contribution in [0, 0.1) is 11.7 Å². The molecule has 0 amide bonds. The Morgan fingerprint density at radius 3 is 2.60 bits per heavy atom. The number of hydrogen-bond donors (Lipinski definition) is 0. The molecule has 15 heavy (non-hydrogen) atoms. The predicted molar refractivity (Wildman–Crippen MR) is 64.2 cm³/mol. The average Bonchev–Trinajstić information content (AvgIpc) is 2.20. The summed E-state index contributed by atoms with van der Waals surface area (Å²) in [5.74, 6) is 0.0293. The molecular formula is C12H15Cl2F. The van der Waals surface area contributed by atoms with Gasteiger partial charge >= 0.3 is 0 Å². The molecule has 2 atom stereocenters. The van der Waals surface area contributed by atoms with Gasteiger partial charge in [0, 0.05) is 10.4 Å². The van der Waals surface area contributed by atoms with Crippen molar-refractivity contribution >= 4 is 23.2 Å². The lowest BCUT2D eigenvalue weighted by Gasteiger charge is -2.16. The van der Waals surface area contributed by atoms with Crippen molar-refractivity contribution < 1.29 is 4.39 Å². The molecule has 1 aromatic carbocycles. The van der Waals surface area contributed by atoms with Gasteiger partial charge in [-0.2, -0.15) is 0 Å². The van der Waals surface area contributed by atoms with E-state index in [4.69, 9.17) is 23.2 Å². The molecule has 0 spiro atoms. The standard InChI is InChI=1S/C12H15Cl2F/c1-3-11(14)8(2)6-9-4-5-10(13)7-12(9)15/h4-5,7-8,11H,3,6H2,1-2H3. The maximum Gasteiger partial charge on any atom is 0.127 e. The summed E-state index contributed by atoms with van der Waals surface area (Å²) in [5, 5.41) is 0.530. The van der Waals surface area contributed by atoms with E-state index in [9.17, 15) is 4.39 Å². The second-order valence-electron chi connectivity index (χ2n) is 3.84.